The summed E-state index contributed by atoms with van der Waals surface area (Å²) in [5.74, 6) is 0. The molecule has 0 aromatic heterocycles. The molecule has 0 heterocycles. The number of rotatable bonds is 5. The Balaban J connectivity index is 2.42. The van der Waals surface area contributed by atoms with Gasteiger partial charge in [-0.1, -0.05) is 31.4 Å². The quantitative estimate of drug-likeness (QED) is 0.612. The average Bonchev–Trinajstić information content (AvgIpc) is 2.93. The predicted molar refractivity (Wildman–Crippen MR) is 79.9 cm³/mol. The molecule has 0 aliphatic heterocycles. The molecule has 8 heteroatoms. The van der Waals surface area contributed by atoms with Gasteiger partial charge < -0.3 is 0 Å². The van der Waals surface area contributed by atoms with E-state index >= 15 is 0 Å². The van der Waals surface area contributed by atoms with Gasteiger partial charge in [-0.2, -0.15) is 4.31 Å². The smallest absolute Gasteiger partial charge is 0.258 e. The van der Waals surface area contributed by atoms with Gasteiger partial charge in [-0.15, -0.1) is 0 Å². The fourth-order valence-corrected chi connectivity index (χ4v) is 4.65. The Morgan fingerprint density at radius 3 is 2.52 bits per heavy atom. The van der Waals surface area contributed by atoms with Gasteiger partial charge in [0.1, 0.15) is 5.02 Å². The van der Waals surface area contributed by atoms with Gasteiger partial charge in [0.2, 0.25) is 10.0 Å². The normalized spacial score (nSPS) is 16.5. The highest BCUT2D eigenvalue weighted by Gasteiger charge is 2.33. The van der Waals surface area contributed by atoms with E-state index in [0.29, 0.717) is 6.54 Å². The van der Waals surface area contributed by atoms with E-state index in [9.17, 15) is 18.5 Å². The molecule has 6 nitrogen and oxygen atoms in total. The summed E-state index contributed by atoms with van der Waals surface area (Å²) < 4.78 is 26.8. The van der Waals surface area contributed by atoms with E-state index in [0.717, 1.165) is 31.7 Å². The zero-order valence-electron chi connectivity index (χ0n) is 11.7. The van der Waals surface area contributed by atoms with E-state index in [1.807, 2.05) is 0 Å². The Morgan fingerprint density at radius 2 is 2.00 bits per heavy atom. The maximum absolute atomic E-state index is 12.7. The zero-order chi connectivity index (χ0) is 15.6. The molecule has 116 valence electrons. The van der Waals surface area contributed by atoms with Crippen molar-refractivity contribution < 1.29 is 13.3 Å². The molecule has 0 bridgehead atoms. The van der Waals surface area contributed by atoms with Crippen LogP contribution in [0.1, 0.15) is 32.6 Å². The number of nitro groups is 1. The van der Waals surface area contributed by atoms with Crippen LogP contribution in [0.3, 0.4) is 0 Å². The molecule has 0 N–H and O–H groups in total. The predicted octanol–water partition coefficient (Wildman–Crippen LogP) is 3.20. The Bertz CT molecular complexity index is 642. The van der Waals surface area contributed by atoms with E-state index in [-0.39, 0.29) is 21.6 Å². The molecule has 1 aliphatic rings. The summed E-state index contributed by atoms with van der Waals surface area (Å²) in [7, 11) is -3.74. The van der Waals surface area contributed by atoms with Crippen LogP contribution in [0.25, 0.3) is 0 Å². The van der Waals surface area contributed by atoms with Crippen LogP contribution in [0.15, 0.2) is 23.1 Å². The van der Waals surface area contributed by atoms with Crippen LogP contribution in [0.4, 0.5) is 5.69 Å². The molecule has 0 atom stereocenters. The second-order valence-corrected chi connectivity index (χ2v) is 7.31. The fraction of sp³-hybridized carbons (Fsp3) is 0.538. The minimum Gasteiger partial charge on any atom is -0.258 e. The van der Waals surface area contributed by atoms with Crippen molar-refractivity contribution in [1.29, 1.82) is 0 Å². The van der Waals surface area contributed by atoms with Gasteiger partial charge in [-0.05, 0) is 25.0 Å². The van der Waals surface area contributed by atoms with Crippen LogP contribution >= 0.6 is 11.6 Å². The van der Waals surface area contributed by atoms with Gasteiger partial charge in [0, 0.05) is 18.7 Å². The molecule has 2 rings (SSSR count). The number of nitro benzene ring substituents is 1. The van der Waals surface area contributed by atoms with Crippen LogP contribution < -0.4 is 0 Å². The van der Waals surface area contributed by atoms with Gasteiger partial charge in [-0.25, -0.2) is 8.42 Å². The standard InChI is InChI=1S/C13H17ClN2O4S/c1-2-15(10-5-3-4-6-10)21(19,20)11-7-8-12(14)13(9-11)16(17)18/h7-10H,2-6H2,1H3. The van der Waals surface area contributed by atoms with Gasteiger partial charge in [0.05, 0.1) is 9.82 Å². The number of benzene rings is 1. The molecule has 1 saturated carbocycles. The van der Waals surface area contributed by atoms with Crippen molar-refractivity contribution in [2.45, 2.75) is 43.5 Å². The third kappa shape index (κ3) is 3.20. The summed E-state index contributed by atoms with van der Waals surface area (Å²) in [4.78, 5) is 10.2. The molecular weight excluding hydrogens is 316 g/mol. The second kappa shape index (κ2) is 6.29. The summed E-state index contributed by atoms with van der Waals surface area (Å²) in [6.07, 6.45) is 3.69. The molecule has 0 amide bonds. The molecule has 1 aliphatic carbocycles. The SMILES string of the molecule is CCN(C1CCCC1)S(=O)(=O)c1ccc(Cl)c([N+](=O)[O-])c1. The Kier molecular flexibility index (Phi) is 4.85. The molecule has 0 radical (unpaired) electrons. The minimum absolute atomic E-state index is 0.0188. The van der Waals surface area contributed by atoms with Crippen LogP contribution in [0.5, 0.6) is 0 Å². The fourth-order valence-electron chi connectivity index (χ4n) is 2.74. The lowest BCUT2D eigenvalue weighted by molar-refractivity contribution is -0.384. The van der Waals surface area contributed by atoms with E-state index in [1.54, 1.807) is 6.92 Å². The van der Waals surface area contributed by atoms with Crippen molar-refractivity contribution in [2.75, 3.05) is 6.54 Å². The van der Waals surface area contributed by atoms with Gasteiger partial charge in [-0.3, -0.25) is 10.1 Å². The first kappa shape index (κ1) is 16.2. The maximum atomic E-state index is 12.7. The largest absolute Gasteiger partial charge is 0.289 e. The Labute approximate surface area is 128 Å². The Morgan fingerprint density at radius 1 is 1.38 bits per heavy atom. The third-order valence-electron chi connectivity index (χ3n) is 3.76. The van der Waals surface area contributed by atoms with E-state index in [1.165, 1.54) is 16.4 Å². The van der Waals surface area contributed by atoms with Crippen molar-refractivity contribution in [3.8, 4) is 0 Å². The van der Waals surface area contributed by atoms with Crippen LogP contribution in [0, 0.1) is 10.1 Å². The van der Waals surface area contributed by atoms with Crippen molar-refractivity contribution in [2.24, 2.45) is 0 Å². The first-order valence-electron chi connectivity index (χ1n) is 6.83. The van der Waals surface area contributed by atoms with Crippen LogP contribution in [0.2, 0.25) is 5.02 Å². The lowest BCUT2D eigenvalue weighted by atomic mass is 10.2. The lowest BCUT2D eigenvalue weighted by Crippen LogP contribution is -2.38. The highest BCUT2D eigenvalue weighted by atomic mass is 35.5. The highest BCUT2D eigenvalue weighted by molar-refractivity contribution is 7.89. The zero-order valence-corrected chi connectivity index (χ0v) is 13.2. The first-order chi connectivity index (χ1) is 9.87. The number of nitrogens with zero attached hydrogens (tertiary/aromatic N) is 2. The maximum Gasteiger partial charge on any atom is 0.289 e. The topological polar surface area (TPSA) is 80.5 Å². The summed E-state index contributed by atoms with van der Waals surface area (Å²) in [6.45, 7) is 2.13. The van der Waals surface area contributed by atoms with Crippen LogP contribution in [-0.4, -0.2) is 30.2 Å². The van der Waals surface area contributed by atoms with Gasteiger partial charge >= 0.3 is 0 Å². The van der Waals surface area contributed by atoms with Gasteiger partial charge in [0.15, 0.2) is 0 Å². The summed E-state index contributed by atoms with van der Waals surface area (Å²) in [5.41, 5.74) is -0.389. The summed E-state index contributed by atoms with van der Waals surface area (Å²) in [5, 5.41) is 10.8. The number of halogens is 1. The van der Waals surface area contributed by atoms with E-state index < -0.39 is 14.9 Å². The minimum atomic E-state index is -3.74. The molecule has 0 saturated heterocycles. The number of sulfonamides is 1. The Hall–Kier alpha value is -1.18. The second-order valence-electron chi connectivity index (χ2n) is 5.02. The molecule has 0 unspecified atom stereocenters. The first-order valence-corrected chi connectivity index (χ1v) is 8.65. The highest BCUT2D eigenvalue weighted by Crippen LogP contribution is 2.32. The molecule has 1 fully saturated rings. The molecule has 1 aromatic rings. The van der Waals surface area contributed by atoms with Crippen molar-refractivity contribution in [1.82, 2.24) is 4.31 Å². The molecule has 21 heavy (non-hydrogen) atoms. The van der Waals surface area contributed by atoms with E-state index in [2.05, 4.69) is 0 Å². The van der Waals surface area contributed by atoms with Crippen molar-refractivity contribution >= 4 is 27.3 Å². The summed E-state index contributed by atoms with van der Waals surface area (Å²) in [6, 6.07) is 3.60. The average molecular weight is 333 g/mol. The van der Waals surface area contributed by atoms with Crippen molar-refractivity contribution in [3.05, 3.63) is 33.3 Å². The summed E-state index contributed by atoms with van der Waals surface area (Å²) >= 11 is 5.73. The molecular formula is C13H17ClN2O4S. The monoisotopic (exact) mass is 332 g/mol. The van der Waals surface area contributed by atoms with Crippen molar-refractivity contribution in [3.63, 3.8) is 0 Å². The third-order valence-corrected chi connectivity index (χ3v) is 6.11. The van der Waals surface area contributed by atoms with Crippen LogP contribution in [-0.2, 0) is 10.0 Å². The van der Waals surface area contributed by atoms with E-state index in [4.69, 9.17) is 11.6 Å². The lowest BCUT2D eigenvalue weighted by Gasteiger charge is -2.26. The molecule has 1 aromatic carbocycles. The number of hydrogen-bond donors (Lipinski definition) is 0. The molecule has 0 spiro atoms. The number of hydrogen-bond acceptors (Lipinski definition) is 4. The van der Waals surface area contributed by atoms with Gasteiger partial charge in [0.25, 0.3) is 5.69 Å².